The van der Waals surface area contributed by atoms with E-state index in [1.165, 1.54) is 0 Å². The van der Waals surface area contributed by atoms with Gasteiger partial charge in [0.05, 0.1) is 6.10 Å². The van der Waals surface area contributed by atoms with Gasteiger partial charge in [0, 0.05) is 20.2 Å². The number of carbonyl (C=O) groups is 1. The lowest BCUT2D eigenvalue weighted by atomic mass is 9.93. The van der Waals surface area contributed by atoms with Crippen molar-refractivity contribution in [2.24, 2.45) is 17.4 Å². The first-order valence-electron chi connectivity index (χ1n) is 5.70. The molecule has 0 bridgehead atoms. The summed E-state index contributed by atoms with van der Waals surface area (Å²) < 4.78 is 5.41. The molecule has 1 aliphatic heterocycles. The molecule has 1 fully saturated rings. The Kier molecular flexibility index (Phi) is 4.29. The number of hydrogen-bond acceptors (Lipinski definition) is 4. The number of ether oxygens (including phenoxy) is 1. The summed E-state index contributed by atoms with van der Waals surface area (Å²) in [6.45, 7) is 6.12. The highest BCUT2D eigenvalue weighted by molar-refractivity contribution is 5.84. The fourth-order valence-electron chi connectivity index (χ4n) is 2.09. The second kappa shape index (κ2) is 5.12. The number of amides is 1. The molecule has 5 nitrogen and oxygen atoms in total. The predicted molar refractivity (Wildman–Crippen MR) is 62.8 cm³/mol. The van der Waals surface area contributed by atoms with Crippen molar-refractivity contribution in [3.8, 4) is 0 Å². The van der Waals surface area contributed by atoms with Crippen molar-refractivity contribution in [2.75, 3.05) is 26.7 Å². The van der Waals surface area contributed by atoms with E-state index in [9.17, 15) is 4.79 Å². The van der Waals surface area contributed by atoms with Gasteiger partial charge in [-0.05, 0) is 25.8 Å². The summed E-state index contributed by atoms with van der Waals surface area (Å²) in [6.07, 6.45) is 1.28. The van der Waals surface area contributed by atoms with Gasteiger partial charge in [0.15, 0.2) is 0 Å². The van der Waals surface area contributed by atoms with Gasteiger partial charge in [0.1, 0.15) is 5.54 Å². The van der Waals surface area contributed by atoms with E-state index >= 15 is 0 Å². The Morgan fingerprint density at radius 2 is 2.25 bits per heavy atom. The largest absolute Gasteiger partial charge is 0.380 e. The number of piperidine rings is 1. The van der Waals surface area contributed by atoms with E-state index in [0.717, 1.165) is 19.5 Å². The molecule has 0 aliphatic carbocycles. The maximum Gasteiger partial charge on any atom is 0.238 e. The van der Waals surface area contributed by atoms with Gasteiger partial charge >= 0.3 is 0 Å². The summed E-state index contributed by atoms with van der Waals surface area (Å²) in [6, 6.07) is 0. The Morgan fingerprint density at radius 3 is 2.75 bits per heavy atom. The lowest BCUT2D eigenvalue weighted by Crippen LogP contribution is -2.59. The van der Waals surface area contributed by atoms with Gasteiger partial charge < -0.3 is 16.2 Å². The molecule has 0 aromatic heterocycles. The zero-order valence-electron chi connectivity index (χ0n) is 10.4. The average Bonchev–Trinajstić information content (AvgIpc) is 2.20. The van der Waals surface area contributed by atoms with E-state index in [4.69, 9.17) is 16.2 Å². The minimum absolute atomic E-state index is 0.220. The maximum atomic E-state index is 11.1. The summed E-state index contributed by atoms with van der Waals surface area (Å²) in [5.74, 6) is 0.0962. The van der Waals surface area contributed by atoms with Crippen LogP contribution in [0.15, 0.2) is 0 Å². The molecule has 0 aromatic carbocycles. The van der Waals surface area contributed by atoms with Crippen LogP contribution in [0.5, 0.6) is 0 Å². The van der Waals surface area contributed by atoms with Crippen molar-refractivity contribution < 1.29 is 9.53 Å². The number of methoxy groups -OCH3 is 1. The van der Waals surface area contributed by atoms with E-state index in [-0.39, 0.29) is 6.10 Å². The van der Waals surface area contributed by atoms with Crippen LogP contribution in [-0.4, -0.2) is 49.2 Å². The number of primary amides is 1. The molecule has 1 rings (SSSR count). The number of nitrogens with two attached hydrogens (primary N) is 2. The van der Waals surface area contributed by atoms with Gasteiger partial charge in [0.2, 0.25) is 5.91 Å². The van der Waals surface area contributed by atoms with Crippen LogP contribution in [-0.2, 0) is 9.53 Å². The monoisotopic (exact) mass is 229 g/mol. The van der Waals surface area contributed by atoms with Crippen LogP contribution in [0.2, 0.25) is 0 Å². The lowest BCUT2D eigenvalue weighted by Gasteiger charge is -2.39. The minimum atomic E-state index is -0.959. The van der Waals surface area contributed by atoms with Gasteiger partial charge in [-0.3, -0.25) is 9.69 Å². The van der Waals surface area contributed by atoms with Crippen LogP contribution in [0.1, 0.15) is 20.3 Å². The van der Waals surface area contributed by atoms with Crippen LogP contribution in [0.3, 0.4) is 0 Å². The molecule has 0 aromatic rings. The molecule has 0 radical (unpaired) electrons. The topological polar surface area (TPSA) is 81.6 Å². The number of likely N-dealkylation sites (tertiary alicyclic amines) is 1. The third-order valence-electron chi connectivity index (χ3n) is 3.39. The zero-order chi connectivity index (χ0) is 12.3. The highest BCUT2D eigenvalue weighted by Gasteiger charge is 2.33. The van der Waals surface area contributed by atoms with Crippen LogP contribution in [0.4, 0.5) is 0 Å². The predicted octanol–water partition coefficient (Wildman–Crippen LogP) is -0.454. The fourth-order valence-corrected chi connectivity index (χ4v) is 2.09. The summed E-state index contributed by atoms with van der Waals surface area (Å²) in [7, 11) is 1.72. The molecule has 94 valence electrons. The van der Waals surface area contributed by atoms with Gasteiger partial charge in [-0.25, -0.2) is 0 Å². The van der Waals surface area contributed by atoms with Crippen LogP contribution in [0.25, 0.3) is 0 Å². The Morgan fingerprint density at radius 1 is 1.62 bits per heavy atom. The summed E-state index contributed by atoms with van der Waals surface area (Å²) >= 11 is 0. The second-order valence-corrected chi connectivity index (χ2v) is 5.06. The molecule has 4 N–H and O–H groups in total. The van der Waals surface area contributed by atoms with Crippen LogP contribution < -0.4 is 11.5 Å². The Labute approximate surface area is 97.1 Å². The van der Waals surface area contributed by atoms with E-state index in [2.05, 4.69) is 11.8 Å². The van der Waals surface area contributed by atoms with Crippen molar-refractivity contribution in [3.05, 3.63) is 0 Å². The molecule has 1 heterocycles. The molecule has 1 aliphatic rings. The van der Waals surface area contributed by atoms with Crippen molar-refractivity contribution in [1.82, 2.24) is 4.90 Å². The number of rotatable bonds is 4. The summed E-state index contributed by atoms with van der Waals surface area (Å²) in [5, 5.41) is 0. The second-order valence-electron chi connectivity index (χ2n) is 5.06. The fraction of sp³-hybridized carbons (Fsp3) is 0.909. The first-order valence-corrected chi connectivity index (χ1v) is 5.70. The van der Waals surface area contributed by atoms with Crippen LogP contribution >= 0.6 is 0 Å². The maximum absolute atomic E-state index is 11.1. The molecule has 3 unspecified atom stereocenters. The third-order valence-corrected chi connectivity index (χ3v) is 3.39. The zero-order valence-corrected chi connectivity index (χ0v) is 10.4. The number of hydrogen-bond donors (Lipinski definition) is 2. The van der Waals surface area contributed by atoms with E-state index < -0.39 is 11.4 Å². The van der Waals surface area contributed by atoms with Gasteiger partial charge in [-0.2, -0.15) is 0 Å². The molecule has 1 saturated heterocycles. The van der Waals surface area contributed by atoms with Crippen molar-refractivity contribution in [1.29, 1.82) is 0 Å². The molecular formula is C11H23N3O2. The molecule has 0 spiro atoms. The Bertz CT molecular complexity index is 256. The van der Waals surface area contributed by atoms with E-state index in [1.807, 2.05) is 0 Å². The van der Waals surface area contributed by atoms with Gasteiger partial charge in [-0.15, -0.1) is 0 Å². The molecule has 0 saturated carbocycles. The molecule has 1 amide bonds. The third kappa shape index (κ3) is 3.17. The minimum Gasteiger partial charge on any atom is -0.380 e. The average molecular weight is 229 g/mol. The van der Waals surface area contributed by atoms with Crippen molar-refractivity contribution in [2.45, 2.75) is 31.9 Å². The normalized spacial score (nSPS) is 31.0. The van der Waals surface area contributed by atoms with E-state index in [1.54, 1.807) is 14.0 Å². The number of nitrogens with zero attached hydrogens (tertiary/aromatic N) is 1. The molecule has 5 heteroatoms. The SMILES string of the molecule is COC1CN(CC(C)(N)C(N)=O)CCC1C. The summed E-state index contributed by atoms with van der Waals surface area (Å²) in [5.41, 5.74) is 10.2. The number of carbonyl (C=O) groups excluding carboxylic acids is 1. The Hall–Kier alpha value is -0.650. The molecule has 16 heavy (non-hydrogen) atoms. The molecule has 3 atom stereocenters. The van der Waals surface area contributed by atoms with Gasteiger partial charge in [-0.1, -0.05) is 6.92 Å². The van der Waals surface area contributed by atoms with Crippen molar-refractivity contribution in [3.63, 3.8) is 0 Å². The summed E-state index contributed by atoms with van der Waals surface area (Å²) in [4.78, 5) is 13.3. The standard InChI is InChI=1S/C11H23N3O2/c1-8-4-5-14(6-9(8)16-3)7-11(2,13)10(12)15/h8-9H,4-7,13H2,1-3H3,(H2,12,15). The van der Waals surface area contributed by atoms with Crippen molar-refractivity contribution >= 4 is 5.91 Å². The smallest absolute Gasteiger partial charge is 0.238 e. The first-order chi connectivity index (χ1) is 7.36. The quantitative estimate of drug-likeness (QED) is 0.684. The Balaban J connectivity index is 2.53. The van der Waals surface area contributed by atoms with Gasteiger partial charge in [0.25, 0.3) is 0 Å². The highest BCUT2D eigenvalue weighted by Crippen LogP contribution is 2.20. The molecular weight excluding hydrogens is 206 g/mol. The first kappa shape index (κ1) is 13.4. The lowest BCUT2D eigenvalue weighted by molar-refractivity contribution is -0.123. The highest BCUT2D eigenvalue weighted by atomic mass is 16.5. The van der Waals surface area contributed by atoms with Crippen LogP contribution in [0, 0.1) is 5.92 Å². The van der Waals surface area contributed by atoms with E-state index in [0.29, 0.717) is 12.5 Å².